The van der Waals surface area contributed by atoms with E-state index in [1.807, 2.05) is 0 Å². The minimum atomic E-state index is -0.832. The summed E-state index contributed by atoms with van der Waals surface area (Å²) in [5.41, 5.74) is 0.161. The number of carbonyl (C=O) groups is 2. The van der Waals surface area contributed by atoms with Gasteiger partial charge < -0.3 is 15.4 Å². The molecule has 1 atom stereocenters. The second-order valence-corrected chi connectivity index (χ2v) is 6.45. The fourth-order valence-electron chi connectivity index (χ4n) is 2.61. The van der Waals surface area contributed by atoms with Crippen LogP contribution in [0.25, 0.3) is 5.82 Å². The third kappa shape index (κ3) is 5.31. The fourth-order valence-corrected chi connectivity index (χ4v) is 2.61. The van der Waals surface area contributed by atoms with Crippen LogP contribution in [-0.4, -0.2) is 44.5 Å². The Morgan fingerprint density at radius 2 is 1.93 bits per heavy atom. The quantitative estimate of drug-likeness (QED) is 0.538. The lowest BCUT2D eigenvalue weighted by atomic mass is 10.2. The highest BCUT2D eigenvalue weighted by Gasteiger charge is 2.18. The second kappa shape index (κ2) is 9.50. The molecule has 1 unspecified atom stereocenters. The van der Waals surface area contributed by atoms with Gasteiger partial charge in [-0.1, -0.05) is 0 Å². The van der Waals surface area contributed by atoms with E-state index in [4.69, 9.17) is 4.74 Å². The van der Waals surface area contributed by atoms with Gasteiger partial charge in [0.05, 0.1) is 6.54 Å². The van der Waals surface area contributed by atoms with Gasteiger partial charge in [0, 0.05) is 31.1 Å². The van der Waals surface area contributed by atoms with E-state index in [1.54, 1.807) is 55.7 Å². The van der Waals surface area contributed by atoms with Gasteiger partial charge in [-0.15, -0.1) is 5.10 Å². The Kier molecular flexibility index (Phi) is 6.58. The van der Waals surface area contributed by atoms with Crippen LogP contribution in [0.5, 0.6) is 5.75 Å². The number of carbonyl (C=O) groups excluding carboxylic acids is 2. The number of nitrogens with zero attached hydrogens (tertiary/aromatic N) is 4. The van der Waals surface area contributed by atoms with Crippen LogP contribution >= 0.6 is 0 Å². The molecule has 0 radical (unpaired) electrons. The lowest BCUT2D eigenvalue weighted by molar-refractivity contribution is -0.119. The molecule has 2 N–H and O–H groups in total. The summed E-state index contributed by atoms with van der Waals surface area (Å²) in [6.07, 6.45) is 3.29. The first-order chi connectivity index (χ1) is 14.4. The van der Waals surface area contributed by atoms with E-state index in [1.165, 1.54) is 17.7 Å². The van der Waals surface area contributed by atoms with E-state index in [-0.39, 0.29) is 11.8 Å². The summed E-state index contributed by atoms with van der Waals surface area (Å²) < 4.78 is 8.13. The van der Waals surface area contributed by atoms with E-state index in [2.05, 4.69) is 20.8 Å². The Bertz CT molecular complexity index is 1060. The van der Waals surface area contributed by atoms with Crippen LogP contribution in [0.3, 0.4) is 0 Å². The molecule has 0 saturated heterocycles. The zero-order chi connectivity index (χ0) is 21.5. The maximum absolute atomic E-state index is 12.6. The molecule has 156 valence electrons. The van der Waals surface area contributed by atoms with Crippen molar-refractivity contribution in [2.45, 2.75) is 19.9 Å². The molecule has 1 aromatic carbocycles. The number of ether oxygens (including phenoxy) is 1. The molecule has 3 aromatic rings. The highest BCUT2D eigenvalue weighted by Crippen LogP contribution is 2.17. The number of benzene rings is 1. The molecular formula is C20H22N6O4. The molecule has 3 rings (SSSR count). The van der Waals surface area contributed by atoms with Crippen molar-refractivity contribution in [3.8, 4) is 11.6 Å². The minimum Gasteiger partial charge on any atom is -0.492 e. The molecule has 0 spiro atoms. The predicted molar refractivity (Wildman–Crippen MR) is 110 cm³/mol. The predicted octanol–water partition coefficient (Wildman–Crippen LogP) is 1.14. The number of aromatic nitrogens is 4. The molecule has 30 heavy (non-hydrogen) atoms. The number of hydrogen-bond donors (Lipinski definition) is 2. The topological polar surface area (TPSA) is 120 Å². The summed E-state index contributed by atoms with van der Waals surface area (Å²) in [4.78, 5) is 35.6. The molecular weight excluding hydrogens is 388 g/mol. The summed E-state index contributed by atoms with van der Waals surface area (Å²) in [5, 5.41) is 13.7. The van der Waals surface area contributed by atoms with E-state index in [0.29, 0.717) is 30.4 Å². The molecule has 10 nitrogen and oxygen atoms in total. The lowest BCUT2D eigenvalue weighted by Gasteiger charge is -2.15. The van der Waals surface area contributed by atoms with Crippen molar-refractivity contribution >= 4 is 17.5 Å². The molecule has 2 aromatic heterocycles. The number of rotatable bonds is 8. The van der Waals surface area contributed by atoms with Crippen molar-refractivity contribution in [2.24, 2.45) is 0 Å². The fraction of sp³-hybridized carbons (Fsp3) is 0.250. The van der Waals surface area contributed by atoms with Crippen molar-refractivity contribution < 1.29 is 14.3 Å². The molecule has 0 aliphatic rings. The van der Waals surface area contributed by atoms with Crippen LogP contribution in [0.2, 0.25) is 0 Å². The van der Waals surface area contributed by atoms with Crippen LogP contribution in [-0.2, 0) is 9.59 Å². The van der Waals surface area contributed by atoms with Gasteiger partial charge in [-0.05, 0) is 43.3 Å². The number of amides is 2. The van der Waals surface area contributed by atoms with Crippen molar-refractivity contribution in [3.05, 3.63) is 65.2 Å². The molecule has 10 heteroatoms. The van der Waals surface area contributed by atoms with Gasteiger partial charge in [0.15, 0.2) is 5.82 Å². The van der Waals surface area contributed by atoms with E-state index in [0.717, 1.165) is 4.68 Å². The minimum absolute atomic E-state index is 0.116. The van der Waals surface area contributed by atoms with Gasteiger partial charge in [-0.25, -0.2) is 9.36 Å². The van der Waals surface area contributed by atoms with Gasteiger partial charge in [-0.2, -0.15) is 5.10 Å². The monoisotopic (exact) mass is 410 g/mol. The average Bonchev–Trinajstić information content (AvgIpc) is 3.27. The maximum atomic E-state index is 12.6. The van der Waals surface area contributed by atoms with E-state index in [9.17, 15) is 14.4 Å². The first kappa shape index (κ1) is 20.8. The molecule has 0 fully saturated rings. The Labute approximate surface area is 172 Å². The molecule has 0 aliphatic carbocycles. The summed E-state index contributed by atoms with van der Waals surface area (Å²) in [6, 6.07) is 10.6. The zero-order valence-electron chi connectivity index (χ0n) is 16.6. The van der Waals surface area contributed by atoms with Crippen LogP contribution in [0.1, 0.15) is 19.9 Å². The SMILES string of the molecule is CC(=O)NCCOc1ccc(NC(=O)C(C)n2nc(-n3cccn3)ccc2=O)cc1. The first-order valence-electron chi connectivity index (χ1n) is 9.32. The number of anilines is 1. The summed E-state index contributed by atoms with van der Waals surface area (Å²) in [7, 11) is 0. The maximum Gasteiger partial charge on any atom is 0.267 e. The van der Waals surface area contributed by atoms with Crippen molar-refractivity contribution in [3.63, 3.8) is 0 Å². The average molecular weight is 410 g/mol. The van der Waals surface area contributed by atoms with Gasteiger partial charge in [-0.3, -0.25) is 14.4 Å². The smallest absolute Gasteiger partial charge is 0.267 e. The first-order valence-corrected chi connectivity index (χ1v) is 9.32. The molecule has 0 bridgehead atoms. The van der Waals surface area contributed by atoms with Gasteiger partial charge in [0.2, 0.25) is 11.8 Å². The van der Waals surface area contributed by atoms with Gasteiger partial charge >= 0.3 is 0 Å². The van der Waals surface area contributed by atoms with Crippen LogP contribution < -0.4 is 20.9 Å². The largest absolute Gasteiger partial charge is 0.492 e. The number of nitrogens with one attached hydrogen (secondary N) is 2. The standard InChI is InChI=1S/C20H22N6O4/c1-14(26-19(28)9-8-18(24-26)25-12-3-10-22-25)20(29)23-16-4-6-17(7-5-16)30-13-11-21-15(2)27/h3-10,12,14H,11,13H2,1-2H3,(H,21,27)(H,23,29). The van der Waals surface area contributed by atoms with E-state index < -0.39 is 11.6 Å². The summed E-state index contributed by atoms with van der Waals surface area (Å²) >= 11 is 0. The third-order valence-electron chi connectivity index (χ3n) is 4.16. The highest BCUT2D eigenvalue weighted by molar-refractivity contribution is 5.93. The van der Waals surface area contributed by atoms with Crippen LogP contribution in [0.4, 0.5) is 5.69 Å². The van der Waals surface area contributed by atoms with Crippen molar-refractivity contribution in [2.75, 3.05) is 18.5 Å². The van der Waals surface area contributed by atoms with Gasteiger partial charge in [0.25, 0.3) is 5.56 Å². The molecule has 2 heterocycles. The second-order valence-electron chi connectivity index (χ2n) is 6.45. The summed E-state index contributed by atoms with van der Waals surface area (Å²) in [5.74, 6) is 0.535. The number of hydrogen-bond acceptors (Lipinski definition) is 6. The van der Waals surface area contributed by atoms with Crippen LogP contribution in [0, 0.1) is 0 Å². The van der Waals surface area contributed by atoms with Gasteiger partial charge in [0.1, 0.15) is 18.4 Å². The Balaban J connectivity index is 1.62. The van der Waals surface area contributed by atoms with E-state index >= 15 is 0 Å². The molecule has 2 amide bonds. The normalized spacial score (nSPS) is 11.5. The summed E-state index contributed by atoms with van der Waals surface area (Å²) in [6.45, 7) is 3.78. The van der Waals surface area contributed by atoms with Crippen molar-refractivity contribution in [1.82, 2.24) is 24.9 Å². The van der Waals surface area contributed by atoms with Crippen molar-refractivity contribution in [1.29, 1.82) is 0 Å². The van der Waals surface area contributed by atoms with Crippen LogP contribution in [0.15, 0.2) is 59.7 Å². The Morgan fingerprint density at radius 3 is 2.60 bits per heavy atom. The Hall–Kier alpha value is -3.95. The molecule has 0 aliphatic heterocycles. The lowest BCUT2D eigenvalue weighted by Crippen LogP contribution is -2.33. The zero-order valence-corrected chi connectivity index (χ0v) is 16.6. The highest BCUT2D eigenvalue weighted by atomic mass is 16.5. The molecule has 0 saturated carbocycles. The third-order valence-corrected chi connectivity index (χ3v) is 4.16. The Morgan fingerprint density at radius 1 is 1.17 bits per heavy atom.